The largest absolute Gasteiger partial charge is 0.372 e. The number of rotatable bonds is 2. The molecule has 0 radical (unpaired) electrons. The maximum absolute atomic E-state index is 13.0. The SMILES string of the molecule is CC(C)Cc1nc(F)nn1C(=O)n1cncn1. The van der Waals surface area contributed by atoms with E-state index in [-0.39, 0.29) is 11.7 Å². The summed E-state index contributed by atoms with van der Waals surface area (Å²) in [5.74, 6) is 0.513. The molecule has 0 unspecified atom stereocenters. The molecule has 0 saturated heterocycles. The first-order valence-electron chi connectivity index (χ1n) is 5.08. The van der Waals surface area contributed by atoms with Crippen molar-refractivity contribution in [2.45, 2.75) is 20.3 Å². The summed E-state index contributed by atoms with van der Waals surface area (Å²) in [5, 5.41) is 7.09. The minimum atomic E-state index is -0.922. The quantitative estimate of drug-likeness (QED) is 0.770. The van der Waals surface area contributed by atoms with Crippen LogP contribution in [0.1, 0.15) is 19.7 Å². The van der Waals surface area contributed by atoms with Crippen LogP contribution in [0.5, 0.6) is 0 Å². The van der Waals surface area contributed by atoms with Crippen molar-refractivity contribution in [2.75, 3.05) is 0 Å². The molecule has 0 aromatic carbocycles. The minimum absolute atomic E-state index is 0.237. The van der Waals surface area contributed by atoms with Gasteiger partial charge in [-0.25, -0.2) is 9.78 Å². The van der Waals surface area contributed by atoms with Crippen molar-refractivity contribution in [3.63, 3.8) is 0 Å². The summed E-state index contributed by atoms with van der Waals surface area (Å²) in [6.07, 6.45) is 1.97. The maximum atomic E-state index is 13.0. The van der Waals surface area contributed by atoms with Crippen LogP contribution in [0.25, 0.3) is 0 Å². The molecule has 0 aliphatic carbocycles. The molecule has 0 aliphatic heterocycles. The van der Waals surface area contributed by atoms with Crippen LogP contribution in [0.4, 0.5) is 9.18 Å². The van der Waals surface area contributed by atoms with Crippen LogP contribution in [0.2, 0.25) is 0 Å². The van der Waals surface area contributed by atoms with Crippen molar-refractivity contribution in [1.29, 1.82) is 0 Å². The maximum Gasteiger partial charge on any atom is 0.372 e. The predicted octanol–water partition coefficient (Wildman–Crippen LogP) is 0.724. The molecular formula is C9H11FN6O. The average Bonchev–Trinajstić information content (AvgIpc) is 2.85. The second-order valence-electron chi connectivity index (χ2n) is 3.93. The topological polar surface area (TPSA) is 78.5 Å². The van der Waals surface area contributed by atoms with E-state index in [0.29, 0.717) is 6.42 Å². The molecule has 0 N–H and O–H groups in total. The highest BCUT2D eigenvalue weighted by molar-refractivity contribution is 5.77. The van der Waals surface area contributed by atoms with Gasteiger partial charge in [0.05, 0.1) is 0 Å². The van der Waals surface area contributed by atoms with Gasteiger partial charge in [-0.3, -0.25) is 0 Å². The molecule has 0 atom stereocenters. The van der Waals surface area contributed by atoms with E-state index in [9.17, 15) is 9.18 Å². The summed E-state index contributed by atoms with van der Waals surface area (Å²) in [7, 11) is 0. The molecule has 0 bridgehead atoms. The third-order valence-electron chi connectivity index (χ3n) is 2.04. The lowest BCUT2D eigenvalue weighted by Crippen LogP contribution is -2.24. The Morgan fingerprint density at radius 3 is 2.88 bits per heavy atom. The van der Waals surface area contributed by atoms with Gasteiger partial charge in [-0.05, 0) is 5.92 Å². The number of nitrogens with zero attached hydrogens (tertiary/aromatic N) is 6. The first-order chi connectivity index (χ1) is 8.08. The zero-order valence-electron chi connectivity index (χ0n) is 9.41. The normalized spacial score (nSPS) is 11.1. The van der Waals surface area contributed by atoms with Crippen molar-refractivity contribution in [2.24, 2.45) is 5.92 Å². The Labute approximate surface area is 96.3 Å². The fourth-order valence-corrected chi connectivity index (χ4v) is 1.37. The Balaban J connectivity index is 2.34. The molecule has 0 aliphatic rings. The fraction of sp³-hybridized carbons (Fsp3) is 0.444. The van der Waals surface area contributed by atoms with Gasteiger partial charge >= 0.3 is 12.1 Å². The first kappa shape index (κ1) is 11.4. The van der Waals surface area contributed by atoms with E-state index in [1.54, 1.807) is 0 Å². The van der Waals surface area contributed by atoms with Crippen LogP contribution in [-0.4, -0.2) is 35.6 Å². The average molecular weight is 238 g/mol. The van der Waals surface area contributed by atoms with Gasteiger partial charge in [-0.15, -0.1) is 5.10 Å². The molecule has 2 aromatic heterocycles. The van der Waals surface area contributed by atoms with E-state index >= 15 is 0 Å². The second-order valence-corrected chi connectivity index (χ2v) is 3.93. The molecule has 2 heterocycles. The highest BCUT2D eigenvalue weighted by Crippen LogP contribution is 2.06. The van der Waals surface area contributed by atoms with Crippen LogP contribution in [0.15, 0.2) is 12.7 Å². The van der Waals surface area contributed by atoms with Crippen molar-refractivity contribution in [3.05, 3.63) is 24.6 Å². The summed E-state index contributed by atoms with van der Waals surface area (Å²) < 4.78 is 14.9. The lowest BCUT2D eigenvalue weighted by Gasteiger charge is -2.05. The number of hydrogen-bond donors (Lipinski definition) is 0. The van der Waals surface area contributed by atoms with Crippen molar-refractivity contribution in [1.82, 2.24) is 29.5 Å². The Morgan fingerprint density at radius 1 is 1.53 bits per heavy atom. The zero-order chi connectivity index (χ0) is 12.4. The summed E-state index contributed by atoms with van der Waals surface area (Å²) >= 11 is 0. The molecule has 0 spiro atoms. The third-order valence-corrected chi connectivity index (χ3v) is 2.04. The van der Waals surface area contributed by atoms with E-state index in [2.05, 4.69) is 20.2 Å². The molecule has 0 saturated carbocycles. The van der Waals surface area contributed by atoms with E-state index in [0.717, 1.165) is 9.36 Å². The molecule has 2 aromatic rings. The molecule has 7 nitrogen and oxygen atoms in total. The van der Waals surface area contributed by atoms with Crippen LogP contribution in [0.3, 0.4) is 0 Å². The van der Waals surface area contributed by atoms with Gasteiger partial charge in [-0.1, -0.05) is 13.8 Å². The molecule has 0 fully saturated rings. The smallest absolute Gasteiger partial charge is 0.243 e. The highest BCUT2D eigenvalue weighted by atomic mass is 19.1. The number of carbonyl (C=O) groups is 1. The lowest BCUT2D eigenvalue weighted by molar-refractivity contribution is 0.236. The molecule has 90 valence electrons. The van der Waals surface area contributed by atoms with E-state index in [1.807, 2.05) is 13.8 Å². The van der Waals surface area contributed by atoms with Gasteiger partial charge in [0.2, 0.25) is 0 Å². The van der Waals surface area contributed by atoms with Gasteiger partial charge in [0.1, 0.15) is 18.5 Å². The first-order valence-corrected chi connectivity index (χ1v) is 5.08. The Bertz CT molecular complexity index is 518. The Hall–Kier alpha value is -2.12. The van der Waals surface area contributed by atoms with Crippen LogP contribution in [0, 0.1) is 12.0 Å². The van der Waals surface area contributed by atoms with Gasteiger partial charge in [0.15, 0.2) is 0 Å². The van der Waals surface area contributed by atoms with Crippen molar-refractivity contribution >= 4 is 6.03 Å². The number of carbonyl (C=O) groups excluding carboxylic acids is 1. The standard InChI is InChI=1S/C9H11FN6O/c1-6(2)3-7-13-8(10)14-16(7)9(17)15-5-11-4-12-15/h4-6H,3H2,1-2H3. The van der Waals surface area contributed by atoms with Gasteiger partial charge in [0, 0.05) is 6.42 Å². The summed E-state index contributed by atoms with van der Waals surface area (Å²) in [6.45, 7) is 3.88. The lowest BCUT2D eigenvalue weighted by atomic mass is 10.1. The highest BCUT2D eigenvalue weighted by Gasteiger charge is 2.18. The number of hydrogen-bond acceptors (Lipinski definition) is 5. The molecule has 0 amide bonds. The van der Waals surface area contributed by atoms with Crippen molar-refractivity contribution < 1.29 is 9.18 Å². The summed E-state index contributed by atoms with van der Waals surface area (Å²) in [5.41, 5.74) is 0. The monoisotopic (exact) mass is 238 g/mol. The molecular weight excluding hydrogens is 227 g/mol. The number of aromatic nitrogens is 6. The van der Waals surface area contributed by atoms with E-state index < -0.39 is 12.1 Å². The molecule has 2 rings (SSSR count). The second kappa shape index (κ2) is 4.40. The van der Waals surface area contributed by atoms with Crippen LogP contribution in [-0.2, 0) is 6.42 Å². The number of halogens is 1. The fourth-order valence-electron chi connectivity index (χ4n) is 1.37. The van der Waals surface area contributed by atoms with E-state index in [4.69, 9.17) is 0 Å². The predicted molar refractivity (Wildman–Crippen MR) is 54.7 cm³/mol. The van der Waals surface area contributed by atoms with Gasteiger partial charge < -0.3 is 0 Å². The molecule has 8 heteroatoms. The van der Waals surface area contributed by atoms with E-state index in [1.165, 1.54) is 12.7 Å². The van der Waals surface area contributed by atoms with Gasteiger partial charge in [-0.2, -0.15) is 23.8 Å². The molecule has 17 heavy (non-hydrogen) atoms. The minimum Gasteiger partial charge on any atom is -0.243 e. The van der Waals surface area contributed by atoms with Gasteiger partial charge in [0.25, 0.3) is 0 Å². The van der Waals surface area contributed by atoms with Crippen LogP contribution < -0.4 is 0 Å². The Kier molecular flexibility index (Phi) is 2.94. The van der Waals surface area contributed by atoms with Crippen molar-refractivity contribution in [3.8, 4) is 0 Å². The third kappa shape index (κ3) is 2.35. The summed E-state index contributed by atoms with van der Waals surface area (Å²) in [4.78, 5) is 19.1. The Morgan fingerprint density at radius 2 is 2.29 bits per heavy atom. The van der Waals surface area contributed by atoms with Crippen LogP contribution >= 0.6 is 0 Å². The zero-order valence-corrected chi connectivity index (χ0v) is 9.41. The summed E-state index contributed by atoms with van der Waals surface area (Å²) in [6, 6.07) is -0.602.